The number of rotatable bonds is 2. The number of nitrogens with one attached hydrogen (secondary N) is 1. The number of benzene rings is 2. The van der Waals surface area contributed by atoms with Gasteiger partial charge in [-0.05, 0) is 36.4 Å². The third kappa shape index (κ3) is 3.13. The van der Waals surface area contributed by atoms with Crippen LogP contribution in [0, 0.1) is 11.8 Å². The van der Waals surface area contributed by atoms with Crippen LogP contribution in [0.15, 0.2) is 48.5 Å². The van der Waals surface area contributed by atoms with E-state index in [1.54, 1.807) is 18.2 Å². The Labute approximate surface area is 111 Å². The van der Waals surface area contributed by atoms with Gasteiger partial charge in [-0.25, -0.2) is 0 Å². The highest BCUT2D eigenvalue weighted by Crippen LogP contribution is 2.13. The van der Waals surface area contributed by atoms with Crippen LogP contribution in [0.25, 0.3) is 0 Å². The molecule has 0 spiro atoms. The van der Waals surface area contributed by atoms with E-state index in [4.69, 9.17) is 11.6 Å². The van der Waals surface area contributed by atoms with E-state index < -0.39 is 0 Å². The molecule has 0 aliphatic heterocycles. The summed E-state index contributed by atoms with van der Waals surface area (Å²) < 4.78 is 0. The molecule has 0 aromatic heterocycles. The number of hydrogen-bond donors (Lipinski definition) is 1. The molecule has 0 saturated heterocycles. The minimum absolute atomic E-state index is 0.642. The van der Waals surface area contributed by atoms with Crippen LogP contribution in [0.3, 0.4) is 0 Å². The van der Waals surface area contributed by atoms with Crippen molar-refractivity contribution in [1.82, 2.24) is 0 Å². The fraction of sp³-hybridized carbons (Fsp3) is 0. The third-order valence-corrected chi connectivity index (χ3v) is 2.58. The molecular weight excluding hydrogens is 246 g/mol. The standard InChI is InChI=1S/C15H10ClNO/c16-14-9-6-12(7-10-14)5-8-13-3-1-2-4-15(13)17-11-18/h1-4,6-7,9-11H,(H,17,18). The van der Waals surface area contributed by atoms with Crippen LogP contribution in [0.4, 0.5) is 5.69 Å². The van der Waals surface area contributed by atoms with Crippen LogP contribution in [0.5, 0.6) is 0 Å². The SMILES string of the molecule is O=CNc1ccccc1C#Cc1ccc(Cl)cc1. The van der Waals surface area contributed by atoms with E-state index in [0.29, 0.717) is 17.1 Å². The number of para-hydroxylation sites is 1. The second kappa shape index (κ2) is 5.90. The van der Waals surface area contributed by atoms with Gasteiger partial charge in [0.25, 0.3) is 0 Å². The maximum Gasteiger partial charge on any atom is 0.211 e. The lowest BCUT2D eigenvalue weighted by Gasteiger charge is -2.00. The van der Waals surface area contributed by atoms with Gasteiger partial charge in [0.15, 0.2) is 0 Å². The van der Waals surface area contributed by atoms with Gasteiger partial charge in [0.05, 0.1) is 5.69 Å². The van der Waals surface area contributed by atoms with Crippen LogP contribution >= 0.6 is 11.6 Å². The molecule has 2 rings (SSSR count). The monoisotopic (exact) mass is 255 g/mol. The minimum atomic E-state index is 0.642. The molecule has 88 valence electrons. The highest BCUT2D eigenvalue weighted by Gasteiger charge is 1.96. The second-order valence-electron chi connectivity index (χ2n) is 3.56. The molecule has 0 radical (unpaired) electrons. The molecule has 0 aliphatic rings. The van der Waals surface area contributed by atoms with E-state index in [-0.39, 0.29) is 0 Å². The zero-order chi connectivity index (χ0) is 12.8. The maximum atomic E-state index is 10.5. The van der Waals surface area contributed by atoms with Crippen molar-refractivity contribution in [2.24, 2.45) is 0 Å². The van der Waals surface area contributed by atoms with Crippen molar-refractivity contribution in [3.63, 3.8) is 0 Å². The minimum Gasteiger partial charge on any atom is -0.328 e. The summed E-state index contributed by atoms with van der Waals surface area (Å²) in [5, 5.41) is 3.30. The van der Waals surface area contributed by atoms with E-state index in [1.165, 1.54) is 0 Å². The smallest absolute Gasteiger partial charge is 0.211 e. The van der Waals surface area contributed by atoms with Crippen molar-refractivity contribution < 1.29 is 4.79 Å². The predicted molar refractivity (Wildman–Crippen MR) is 73.6 cm³/mol. The van der Waals surface area contributed by atoms with Gasteiger partial charge in [-0.3, -0.25) is 4.79 Å². The van der Waals surface area contributed by atoms with Gasteiger partial charge in [-0.2, -0.15) is 0 Å². The summed E-state index contributed by atoms with van der Waals surface area (Å²) in [7, 11) is 0. The fourth-order valence-corrected chi connectivity index (χ4v) is 1.58. The Morgan fingerprint density at radius 3 is 2.44 bits per heavy atom. The zero-order valence-electron chi connectivity index (χ0n) is 9.48. The van der Waals surface area contributed by atoms with Crippen LogP contribution in [0.1, 0.15) is 11.1 Å². The molecular formula is C15H10ClNO. The zero-order valence-corrected chi connectivity index (χ0v) is 10.2. The molecule has 0 bridgehead atoms. The molecule has 1 N–H and O–H groups in total. The molecule has 1 amide bonds. The van der Waals surface area contributed by atoms with Gasteiger partial charge in [0, 0.05) is 16.1 Å². The molecule has 0 fully saturated rings. The van der Waals surface area contributed by atoms with Gasteiger partial charge in [-0.15, -0.1) is 0 Å². The molecule has 2 nitrogen and oxygen atoms in total. The van der Waals surface area contributed by atoms with E-state index in [1.807, 2.05) is 30.3 Å². The first kappa shape index (κ1) is 12.2. The van der Waals surface area contributed by atoms with E-state index >= 15 is 0 Å². The number of carbonyl (C=O) groups excluding carboxylic acids is 1. The van der Waals surface area contributed by atoms with Crippen LogP contribution in [0.2, 0.25) is 5.02 Å². The molecule has 0 unspecified atom stereocenters. The van der Waals surface area contributed by atoms with Crippen LogP contribution in [-0.4, -0.2) is 6.41 Å². The molecule has 18 heavy (non-hydrogen) atoms. The Balaban J connectivity index is 2.29. The average Bonchev–Trinajstić information content (AvgIpc) is 2.40. The maximum absolute atomic E-state index is 10.5. The first-order chi connectivity index (χ1) is 8.79. The van der Waals surface area contributed by atoms with Gasteiger partial charge < -0.3 is 5.32 Å². The van der Waals surface area contributed by atoms with E-state index in [0.717, 1.165) is 11.1 Å². The summed E-state index contributed by atoms with van der Waals surface area (Å²) in [6.45, 7) is 0. The third-order valence-electron chi connectivity index (χ3n) is 2.33. The van der Waals surface area contributed by atoms with Crippen LogP contribution in [-0.2, 0) is 4.79 Å². The number of anilines is 1. The lowest BCUT2D eigenvalue weighted by molar-refractivity contribution is -0.105. The van der Waals surface area contributed by atoms with Crippen molar-refractivity contribution in [3.8, 4) is 11.8 Å². The molecule has 0 saturated carbocycles. The number of hydrogen-bond acceptors (Lipinski definition) is 1. The summed E-state index contributed by atoms with van der Waals surface area (Å²) in [6.07, 6.45) is 0.642. The van der Waals surface area contributed by atoms with Gasteiger partial charge in [0.2, 0.25) is 6.41 Å². The van der Waals surface area contributed by atoms with E-state index in [9.17, 15) is 4.79 Å². The average molecular weight is 256 g/mol. The Morgan fingerprint density at radius 2 is 1.72 bits per heavy atom. The Bertz CT molecular complexity index is 608. The first-order valence-electron chi connectivity index (χ1n) is 5.36. The number of carbonyl (C=O) groups is 1. The molecule has 2 aromatic rings. The molecule has 0 atom stereocenters. The topological polar surface area (TPSA) is 29.1 Å². The van der Waals surface area contributed by atoms with Gasteiger partial charge in [-0.1, -0.05) is 35.6 Å². The molecule has 3 heteroatoms. The van der Waals surface area contributed by atoms with Gasteiger partial charge in [0.1, 0.15) is 0 Å². The van der Waals surface area contributed by atoms with Crippen molar-refractivity contribution in [3.05, 3.63) is 64.7 Å². The summed E-state index contributed by atoms with van der Waals surface area (Å²) in [6, 6.07) is 14.7. The van der Waals surface area contributed by atoms with Crippen molar-refractivity contribution in [2.45, 2.75) is 0 Å². The summed E-state index contributed by atoms with van der Waals surface area (Å²) in [5.74, 6) is 6.04. The fourth-order valence-electron chi connectivity index (χ4n) is 1.45. The quantitative estimate of drug-likeness (QED) is 0.647. The number of amides is 1. The lowest BCUT2D eigenvalue weighted by atomic mass is 10.1. The Hall–Kier alpha value is -2.24. The van der Waals surface area contributed by atoms with Crippen molar-refractivity contribution >= 4 is 23.7 Å². The second-order valence-corrected chi connectivity index (χ2v) is 4.00. The van der Waals surface area contributed by atoms with Crippen LogP contribution < -0.4 is 5.32 Å². The summed E-state index contributed by atoms with van der Waals surface area (Å²) in [4.78, 5) is 10.5. The lowest BCUT2D eigenvalue weighted by Crippen LogP contribution is -1.95. The normalized spacial score (nSPS) is 9.17. The Morgan fingerprint density at radius 1 is 1.00 bits per heavy atom. The number of halogens is 1. The highest BCUT2D eigenvalue weighted by atomic mass is 35.5. The van der Waals surface area contributed by atoms with E-state index in [2.05, 4.69) is 17.2 Å². The Kier molecular flexibility index (Phi) is 4.01. The summed E-state index contributed by atoms with van der Waals surface area (Å²) in [5.41, 5.74) is 2.36. The summed E-state index contributed by atoms with van der Waals surface area (Å²) >= 11 is 5.80. The molecule has 2 aromatic carbocycles. The largest absolute Gasteiger partial charge is 0.328 e. The predicted octanol–water partition coefficient (Wildman–Crippen LogP) is 3.31. The van der Waals surface area contributed by atoms with Crippen molar-refractivity contribution in [1.29, 1.82) is 0 Å². The van der Waals surface area contributed by atoms with Crippen molar-refractivity contribution in [2.75, 3.05) is 5.32 Å². The molecule has 0 aliphatic carbocycles. The highest BCUT2D eigenvalue weighted by molar-refractivity contribution is 6.30. The first-order valence-corrected chi connectivity index (χ1v) is 5.74. The molecule has 0 heterocycles. The van der Waals surface area contributed by atoms with Gasteiger partial charge >= 0.3 is 0 Å².